The van der Waals surface area contributed by atoms with E-state index >= 15 is 0 Å². The Kier molecular flexibility index (Phi) is 5.71. The molecule has 1 heterocycles. The number of ketones is 1. The Hall–Kier alpha value is -3.65. The summed E-state index contributed by atoms with van der Waals surface area (Å²) in [7, 11) is 0. The number of nitrogens with zero attached hydrogens (tertiary/aromatic N) is 3. The van der Waals surface area contributed by atoms with Gasteiger partial charge in [0.1, 0.15) is 0 Å². The Morgan fingerprint density at radius 3 is 2.39 bits per heavy atom. The lowest BCUT2D eigenvalue weighted by molar-refractivity contribution is -0.384. The first-order valence-electron chi connectivity index (χ1n) is 8.24. The smallest absolute Gasteiger partial charge is 0.269 e. The van der Waals surface area contributed by atoms with Crippen LogP contribution >= 0.6 is 11.3 Å². The lowest BCUT2D eigenvalue weighted by Gasteiger charge is -2.17. The van der Waals surface area contributed by atoms with Crippen molar-refractivity contribution in [1.82, 2.24) is 4.98 Å². The van der Waals surface area contributed by atoms with Crippen LogP contribution in [0.2, 0.25) is 0 Å². The Morgan fingerprint density at radius 2 is 1.79 bits per heavy atom. The molecule has 3 aromatic rings. The van der Waals surface area contributed by atoms with Crippen LogP contribution in [0.15, 0.2) is 66.1 Å². The minimum absolute atomic E-state index is 0.0742. The second-order valence-corrected chi connectivity index (χ2v) is 6.58. The molecule has 0 atom stereocenters. The SMILES string of the molecule is CC(=O)N(c1ccccc1)c1nc(/C=C/C(=O)c2ccc([N+](=O)[O-])cc2)cs1. The first-order chi connectivity index (χ1) is 13.5. The zero-order valence-corrected chi connectivity index (χ0v) is 15.6. The van der Waals surface area contributed by atoms with Gasteiger partial charge in [0.25, 0.3) is 5.69 Å². The van der Waals surface area contributed by atoms with Crippen molar-refractivity contribution >= 4 is 45.6 Å². The van der Waals surface area contributed by atoms with Gasteiger partial charge in [-0.05, 0) is 36.4 Å². The summed E-state index contributed by atoms with van der Waals surface area (Å²) in [6.07, 6.45) is 2.90. The van der Waals surface area contributed by atoms with E-state index in [0.717, 1.165) is 0 Å². The van der Waals surface area contributed by atoms with Crippen molar-refractivity contribution in [3.8, 4) is 0 Å². The average molecular weight is 393 g/mol. The number of non-ortho nitro benzene ring substituents is 1. The molecular weight excluding hydrogens is 378 g/mol. The number of thiazole rings is 1. The van der Waals surface area contributed by atoms with Gasteiger partial charge in [-0.2, -0.15) is 0 Å². The number of carbonyl (C=O) groups excluding carboxylic acids is 2. The Labute approximate surface area is 164 Å². The van der Waals surface area contributed by atoms with Crippen LogP contribution < -0.4 is 4.90 Å². The molecule has 0 fully saturated rings. The fourth-order valence-electron chi connectivity index (χ4n) is 2.46. The van der Waals surface area contributed by atoms with Crippen LogP contribution in [0.5, 0.6) is 0 Å². The second-order valence-electron chi connectivity index (χ2n) is 5.75. The van der Waals surface area contributed by atoms with Crippen molar-refractivity contribution in [1.29, 1.82) is 0 Å². The fraction of sp³-hybridized carbons (Fsp3) is 0.0500. The standard InChI is InChI=1S/C20H15N3O4S/c1-14(24)22(17-5-3-2-4-6-17)20-21-16(13-28-20)9-12-19(25)15-7-10-18(11-8-15)23(26)27/h2-13H,1H3/b12-9+. The molecule has 1 aromatic heterocycles. The highest BCUT2D eigenvalue weighted by molar-refractivity contribution is 7.14. The molecule has 140 valence electrons. The molecular formula is C20H15N3O4S. The van der Waals surface area contributed by atoms with Gasteiger partial charge in [-0.3, -0.25) is 24.6 Å². The largest absolute Gasteiger partial charge is 0.289 e. The topological polar surface area (TPSA) is 93.4 Å². The summed E-state index contributed by atoms with van der Waals surface area (Å²) in [6.45, 7) is 1.46. The minimum Gasteiger partial charge on any atom is -0.289 e. The number of para-hydroxylation sites is 1. The molecule has 3 rings (SSSR count). The van der Waals surface area contributed by atoms with E-state index in [2.05, 4.69) is 4.98 Å². The van der Waals surface area contributed by atoms with Crippen molar-refractivity contribution in [3.05, 3.63) is 87.4 Å². The third-order valence-corrected chi connectivity index (χ3v) is 4.64. The van der Waals surface area contributed by atoms with Gasteiger partial charge in [-0.25, -0.2) is 4.98 Å². The molecule has 0 bridgehead atoms. The van der Waals surface area contributed by atoms with Crippen molar-refractivity contribution in [3.63, 3.8) is 0 Å². The molecule has 0 radical (unpaired) electrons. The molecule has 0 saturated heterocycles. The number of benzene rings is 2. The van der Waals surface area contributed by atoms with Gasteiger partial charge in [0.2, 0.25) is 5.91 Å². The summed E-state index contributed by atoms with van der Waals surface area (Å²) < 4.78 is 0. The van der Waals surface area contributed by atoms with Crippen molar-refractivity contribution in [2.24, 2.45) is 0 Å². The number of carbonyl (C=O) groups is 2. The van der Waals surface area contributed by atoms with Gasteiger partial charge >= 0.3 is 0 Å². The Balaban J connectivity index is 1.77. The zero-order valence-electron chi connectivity index (χ0n) is 14.8. The third kappa shape index (κ3) is 4.36. The number of hydrogen-bond donors (Lipinski definition) is 0. The highest BCUT2D eigenvalue weighted by Crippen LogP contribution is 2.29. The molecule has 0 aliphatic heterocycles. The van der Waals surface area contributed by atoms with Crippen LogP contribution in [0, 0.1) is 10.1 Å². The van der Waals surface area contributed by atoms with E-state index in [1.807, 2.05) is 30.3 Å². The monoisotopic (exact) mass is 393 g/mol. The summed E-state index contributed by atoms with van der Waals surface area (Å²) >= 11 is 1.29. The Bertz CT molecular complexity index is 1040. The van der Waals surface area contributed by atoms with Gasteiger partial charge in [0.15, 0.2) is 10.9 Å². The van der Waals surface area contributed by atoms with Gasteiger partial charge in [-0.1, -0.05) is 18.2 Å². The highest BCUT2D eigenvalue weighted by atomic mass is 32.1. The number of anilines is 2. The van der Waals surface area contributed by atoms with Gasteiger partial charge < -0.3 is 0 Å². The van der Waals surface area contributed by atoms with E-state index < -0.39 is 4.92 Å². The minimum atomic E-state index is -0.519. The summed E-state index contributed by atoms with van der Waals surface area (Å²) in [6, 6.07) is 14.5. The number of nitro groups is 1. The summed E-state index contributed by atoms with van der Waals surface area (Å²) in [5.41, 5.74) is 1.51. The number of hydrogen-bond acceptors (Lipinski definition) is 6. The fourth-order valence-corrected chi connectivity index (χ4v) is 3.32. The average Bonchev–Trinajstić information content (AvgIpc) is 3.15. The van der Waals surface area contributed by atoms with Crippen LogP contribution in [0.25, 0.3) is 6.08 Å². The van der Waals surface area contributed by atoms with Crippen LogP contribution in [-0.4, -0.2) is 21.6 Å². The van der Waals surface area contributed by atoms with E-state index in [1.54, 1.807) is 11.5 Å². The molecule has 0 saturated carbocycles. The molecule has 0 aliphatic rings. The predicted molar refractivity (Wildman–Crippen MR) is 108 cm³/mol. The molecule has 2 aromatic carbocycles. The highest BCUT2D eigenvalue weighted by Gasteiger charge is 2.17. The second kappa shape index (κ2) is 8.36. The van der Waals surface area contributed by atoms with E-state index in [-0.39, 0.29) is 17.4 Å². The van der Waals surface area contributed by atoms with E-state index in [1.165, 1.54) is 53.5 Å². The van der Waals surface area contributed by atoms with Crippen LogP contribution in [0.4, 0.5) is 16.5 Å². The number of nitro benzene ring substituents is 1. The van der Waals surface area contributed by atoms with Crippen LogP contribution in [0.3, 0.4) is 0 Å². The maximum absolute atomic E-state index is 12.2. The molecule has 1 amide bonds. The normalized spacial score (nSPS) is 10.8. The lowest BCUT2D eigenvalue weighted by atomic mass is 10.1. The first-order valence-corrected chi connectivity index (χ1v) is 9.12. The van der Waals surface area contributed by atoms with Crippen LogP contribution in [-0.2, 0) is 4.79 Å². The maximum Gasteiger partial charge on any atom is 0.269 e. The lowest BCUT2D eigenvalue weighted by Crippen LogP contribution is -2.22. The van der Waals surface area contributed by atoms with Gasteiger partial charge in [-0.15, -0.1) is 11.3 Å². The quantitative estimate of drug-likeness (QED) is 0.263. The van der Waals surface area contributed by atoms with E-state index in [0.29, 0.717) is 22.1 Å². The summed E-state index contributed by atoms with van der Waals surface area (Å²) in [5.74, 6) is -0.464. The molecule has 0 spiro atoms. The predicted octanol–water partition coefficient (Wildman–Crippen LogP) is 4.63. The molecule has 0 N–H and O–H groups in total. The molecule has 7 nitrogen and oxygen atoms in total. The molecule has 0 unspecified atom stereocenters. The summed E-state index contributed by atoms with van der Waals surface area (Å²) in [4.78, 5) is 40.3. The van der Waals surface area contributed by atoms with Crippen molar-refractivity contribution < 1.29 is 14.5 Å². The van der Waals surface area contributed by atoms with E-state index in [4.69, 9.17) is 0 Å². The maximum atomic E-state index is 12.2. The van der Waals surface area contributed by atoms with E-state index in [9.17, 15) is 19.7 Å². The number of aromatic nitrogens is 1. The zero-order chi connectivity index (χ0) is 20.1. The van der Waals surface area contributed by atoms with Gasteiger partial charge in [0, 0.05) is 30.0 Å². The Morgan fingerprint density at radius 1 is 1.11 bits per heavy atom. The summed E-state index contributed by atoms with van der Waals surface area (Å²) in [5, 5.41) is 12.9. The van der Waals surface area contributed by atoms with Crippen molar-refractivity contribution in [2.45, 2.75) is 6.92 Å². The number of allylic oxidation sites excluding steroid dienone is 1. The first kappa shape index (κ1) is 19.1. The molecule has 8 heteroatoms. The third-order valence-electron chi connectivity index (χ3n) is 3.80. The van der Waals surface area contributed by atoms with Crippen LogP contribution in [0.1, 0.15) is 23.0 Å². The molecule has 28 heavy (non-hydrogen) atoms. The number of rotatable bonds is 6. The molecule has 0 aliphatic carbocycles. The van der Waals surface area contributed by atoms with Gasteiger partial charge in [0.05, 0.1) is 16.3 Å². The van der Waals surface area contributed by atoms with Crippen molar-refractivity contribution in [2.75, 3.05) is 4.90 Å². The number of amides is 1.